The van der Waals surface area contributed by atoms with Crippen molar-refractivity contribution in [2.45, 2.75) is 38.0 Å². The molecule has 0 unspecified atom stereocenters. The van der Waals surface area contributed by atoms with E-state index >= 15 is 0 Å². The highest BCUT2D eigenvalue weighted by Gasteiger charge is 2.33. The molecule has 0 N–H and O–H groups in total. The Bertz CT molecular complexity index is 690. The molecule has 1 saturated heterocycles. The summed E-state index contributed by atoms with van der Waals surface area (Å²) in [5.41, 5.74) is 1.85. The lowest BCUT2D eigenvalue weighted by Gasteiger charge is -2.36. The van der Waals surface area contributed by atoms with Crippen LogP contribution in [0.3, 0.4) is 0 Å². The zero-order chi connectivity index (χ0) is 15.8. The average molecular weight is 310 g/mol. The first-order valence-electron chi connectivity index (χ1n) is 8.53. The Morgan fingerprint density at radius 2 is 2.00 bits per heavy atom. The normalized spacial score (nSPS) is 24.7. The highest BCUT2D eigenvalue weighted by atomic mass is 16.5. The Hall–Kier alpha value is -2.10. The molecule has 4 heteroatoms. The number of hydrogen-bond donors (Lipinski definition) is 0. The van der Waals surface area contributed by atoms with Crippen LogP contribution in [0.2, 0.25) is 0 Å². The van der Waals surface area contributed by atoms with E-state index in [0.717, 1.165) is 38.1 Å². The fourth-order valence-electron chi connectivity index (χ4n) is 3.64. The van der Waals surface area contributed by atoms with Crippen molar-refractivity contribution in [2.24, 2.45) is 5.92 Å². The predicted octanol–water partition coefficient (Wildman–Crippen LogP) is 3.82. The van der Waals surface area contributed by atoms with Crippen LogP contribution >= 0.6 is 0 Å². The van der Waals surface area contributed by atoms with Crippen LogP contribution in [0.25, 0.3) is 0 Å². The first-order chi connectivity index (χ1) is 11.2. The number of carbonyl (C=O) groups is 1. The monoisotopic (exact) mass is 310 g/mol. The molecule has 1 amide bonds. The average Bonchev–Trinajstić information content (AvgIpc) is 3.32. The van der Waals surface area contributed by atoms with Gasteiger partial charge in [0.25, 0.3) is 5.91 Å². The van der Waals surface area contributed by atoms with Crippen molar-refractivity contribution in [2.75, 3.05) is 13.1 Å². The molecule has 2 atom stereocenters. The van der Waals surface area contributed by atoms with Crippen LogP contribution < -0.4 is 0 Å². The molecule has 2 aromatic rings. The van der Waals surface area contributed by atoms with Crippen molar-refractivity contribution in [3.05, 3.63) is 53.4 Å². The molecule has 2 fully saturated rings. The van der Waals surface area contributed by atoms with Gasteiger partial charge in [-0.1, -0.05) is 42.4 Å². The second kappa shape index (κ2) is 5.84. The maximum Gasteiger partial charge on any atom is 0.276 e. The van der Waals surface area contributed by atoms with Gasteiger partial charge >= 0.3 is 0 Å². The molecule has 1 aliphatic carbocycles. The molecule has 1 aliphatic heterocycles. The van der Waals surface area contributed by atoms with E-state index in [-0.39, 0.29) is 5.91 Å². The molecule has 1 aromatic carbocycles. The van der Waals surface area contributed by atoms with Crippen molar-refractivity contribution in [3.8, 4) is 0 Å². The third-order valence-corrected chi connectivity index (χ3v) is 5.15. The lowest BCUT2D eigenvalue weighted by molar-refractivity contribution is 0.0650. The van der Waals surface area contributed by atoms with E-state index in [2.05, 4.69) is 42.4 Å². The second-order valence-electron chi connectivity index (χ2n) is 6.92. The molecule has 4 rings (SSSR count). The van der Waals surface area contributed by atoms with E-state index in [9.17, 15) is 4.79 Å². The standard InChI is InChI=1S/C19H22N2O2/c1-13-12-21(10-9-16(13)14-5-3-2-4-6-14)19(22)17-11-18(23-20-17)15-7-8-15/h2-6,11,13,15-16H,7-10,12H2,1H3/t13-,16+/m0/s1. The van der Waals surface area contributed by atoms with Gasteiger partial charge in [0.05, 0.1) is 0 Å². The molecule has 0 bridgehead atoms. The number of nitrogens with zero attached hydrogens (tertiary/aromatic N) is 2. The summed E-state index contributed by atoms with van der Waals surface area (Å²) in [6.07, 6.45) is 3.31. The smallest absolute Gasteiger partial charge is 0.276 e. The third kappa shape index (κ3) is 2.90. The van der Waals surface area contributed by atoms with E-state index in [1.54, 1.807) is 0 Å². The molecule has 2 aliphatic rings. The minimum atomic E-state index is 0.0130. The minimum absolute atomic E-state index is 0.0130. The first kappa shape index (κ1) is 14.5. The van der Waals surface area contributed by atoms with Gasteiger partial charge in [-0.05, 0) is 36.7 Å². The summed E-state index contributed by atoms with van der Waals surface area (Å²) < 4.78 is 5.32. The van der Waals surface area contributed by atoms with E-state index < -0.39 is 0 Å². The quantitative estimate of drug-likeness (QED) is 0.866. The number of hydrogen-bond acceptors (Lipinski definition) is 3. The van der Waals surface area contributed by atoms with E-state index in [1.165, 1.54) is 5.56 Å². The lowest BCUT2D eigenvalue weighted by Crippen LogP contribution is -2.42. The van der Waals surface area contributed by atoms with Crippen molar-refractivity contribution < 1.29 is 9.32 Å². The number of piperidine rings is 1. The maximum atomic E-state index is 12.6. The Morgan fingerprint density at radius 1 is 1.22 bits per heavy atom. The fraction of sp³-hybridized carbons (Fsp3) is 0.474. The Kier molecular flexibility index (Phi) is 3.68. The van der Waals surface area contributed by atoms with E-state index in [0.29, 0.717) is 23.4 Å². The van der Waals surface area contributed by atoms with Gasteiger partial charge < -0.3 is 9.42 Å². The molecular weight excluding hydrogens is 288 g/mol. The van der Waals surface area contributed by atoms with Gasteiger partial charge in [-0.2, -0.15) is 0 Å². The van der Waals surface area contributed by atoms with Crippen molar-refractivity contribution in [3.63, 3.8) is 0 Å². The van der Waals surface area contributed by atoms with Crippen molar-refractivity contribution >= 4 is 5.91 Å². The fourth-order valence-corrected chi connectivity index (χ4v) is 3.64. The topological polar surface area (TPSA) is 46.3 Å². The Labute approximate surface area is 136 Å². The number of carbonyl (C=O) groups excluding carboxylic acids is 1. The molecule has 1 aromatic heterocycles. The lowest BCUT2D eigenvalue weighted by atomic mass is 9.81. The summed E-state index contributed by atoms with van der Waals surface area (Å²) in [7, 11) is 0. The zero-order valence-electron chi connectivity index (χ0n) is 13.4. The summed E-state index contributed by atoms with van der Waals surface area (Å²) in [6.45, 7) is 3.80. The Balaban J connectivity index is 1.44. The summed E-state index contributed by atoms with van der Waals surface area (Å²) in [5.74, 6) is 2.36. The molecule has 0 spiro atoms. The summed E-state index contributed by atoms with van der Waals surface area (Å²) >= 11 is 0. The molecule has 120 valence electrons. The SMILES string of the molecule is C[C@H]1CN(C(=O)c2cc(C3CC3)on2)CC[C@H]1c1ccccc1. The van der Waals surface area contributed by atoms with Crippen LogP contribution in [-0.4, -0.2) is 29.1 Å². The third-order valence-electron chi connectivity index (χ3n) is 5.15. The van der Waals surface area contributed by atoms with Gasteiger partial charge in [0.15, 0.2) is 5.69 Å². The number of aromatic nitrogens is 1. The van der Waals surface area contributed by atoms with Crippen LogP contribution in [0.5, 0.6) is 0 Å². The summed E-state index contributed by atoms with van der Waals surface area (Å²) in [5, 5.41) is 3.99. The molecule has 23 heavy (non-hydrogen) atoms. The molecular formula is C19H22N2O2. The number of benzene rings is 1. The highest BCUT2D eigenvalue weighted by Crippen LogP contribution is 2.40. The van der Waals surface area contributed by atoms with Gasteiger partial charge in [-0.25, -0.2) is 0 Å². The summed E-state index contributed by atoms with van der Waals surface area (Å²) in [4.78, 5) is 14.6. The number of likely N-dealkylation sites (tertiary alicyclic amines) is 1. The van der Waals surface area contributed by atoms with Gasteiger partial charge in [-0.15, -0.1) is 0 Å². The van der Waals surface area contributed by atoms with Crippen molar-refractivity contribution in [1.29, 1.82) is 0 Å². The van der Waals surface area contributed by atoms with Gasteiger partial charge in [0.2, 0.25) is 0 Å². The molecule has 2 heterocycles. The van der Waals surface area contributed by atoms with Gasteiger partial charge in [-0.3, -0.25) is 4.79 Å². The minimum Gasteiger partial charge on any atom is -0.360 e. The molecule has 0 radical (unpaired) electrons. The molecule has 1 saturated carbocycles. The van der Waals surface area contributed by atoms with Crippen LogP contribution in [0, 0.1) is 5.92 Å². The van der Waals surface area contributed by atoms with E-state index in [4.69, 9.17) is 4.52 Å². The molecule has 4 nitrogen and oxygen atoms in total. The van der Waals surface area contributed by atoms with Crippen LogP contribution in [-0.2, 0) is 0 Å². The van der Waals surface area contributed by atoms with Crippen LogP contribution in [0.15, 0.2) is 40.9 Å². The number of amides is 1. The predicted molar refractivity (Wildman–Crippen MR) is 87.3 cm³/mol. The largest absolute Gasteiger partial charge is 0.360 e. The first-order valence-corrected chi connectivity index (χ1v) is 8.53. The summed E-state index contributed by atoms with van der Waals surface area (Å²) in [6, 6.07) is 12.5. The maximum absolute atomic E-state index is 12.6. The Morgan fingerprint density at radius 3 is 2.70 bits per heavy atom. The second-order valence-corrected chi connectivity index (χ2v) is 6.92. The van der Waals surface area contributed by atoms with Crippen LogP contribution in [0.4, 0.5) is 0 Å². The zero-order valence-corrected chi connectivity index (χ0v) is 13.4. The van der Waals surface area contributed by atoms with E-state index in [1.807, 2.05) is 11.0 Å². The number of rotatable bonds is 3. The van der Waals surface area contributed by atoms with Gasteiger partial charge in [0, 0.05) is 25.1 Å². The van der Waals surface area contributed by atoms with Crippen molar-refractivity contribution in [1.82, 2.24) is 10.1 Å². The van der Waals surface area contributed by atoms with Gasteiger partial charge in [0.1, 0.15) is 5.76 Å². The van der Waals surface area contributed by atoms with Crippen LogP contribution in [0.1, 0.15) is 59.8 Å². The highest BCUT2D eigenvalue weighted by molar-refractivity contribution is 5.92.